The van der Waals surface area contributed by atoms with Crippen LogP contribution in [0.1, 0.15) is 45.1 Å². The van der Waals surface area contributed by atoms with E-state index in [1.807, 2.05) is 25.1 Å². The van der Waals surface area contributed by atoms with Gasteiger partial charge in [-0.2, -0.15) is 0 Å². The summed E-state index contributed by atoms with van der Waals surface area (Å²) >= 11 is 0. The number of hydrogen-bond acceptors (Lipinski definition) is 4. The minimum Gasteiger partial charge on any atom is -0.379 e. The molecular formula is C19H30O4. The molecule has 3 atom stereocenters. The summed E-state index contributed by atoms with van der Waals surface area (Å²) in [6, 6.07) is 10.2. The standard InChI is InChI=1S/C19H30O4/c1-16(22-15-18-8-4-3-5-9-18)11-13-20-14-17(2)23-19-10-6-7-12-21-19/h3-5,8-9,16-17,19H,6-7,10-15H2,1-2H3. The van der Waals surface area contributed by atoms with Crippen molar-refractivity contribution in [1.29, 1.82) is 0 Å². The van der Waals surface area contributed by atoms with Gasteiger partial charge in [-0.3, -0.25) is 0 Å². The Balaban J connectivity index is 1.49. The normalized spacial score (nSPS) is 21.0. The van der Waals surface area contributed by atoms with E-state index in [2.05, 4.69) is 19.1 Å². The third-order valence-electron chi connectivity index (χ3n) is 3.92. The van der Waals surface area contributed by atoms with Crippen molar-refractivity contribution < 1.29 is 18.9 Å². The first-order valence-electron chi connectivity index (χ1n) is 8.74. The summed E-state index contributed by atoms with van der Waals surface area (Å²) in [5.41, 5.74) is 1.20. The molecule has 1 fully saturated rings. The van der Waals surface area contributed by atoms with Gasteiger partial charge in [0.1, 0.15) is 0 Å². The molecule has 0 radical (unpaired) electrons. The average molecular weight is 322 g/mol. The highest BCUT2D eigenvalue weighted by Crippen LogP contribution is 2.15. The van der Waals surface area contributed by atoms with E-state index < -0.39 is 0 Å². The van der Waals surface area contributed by atoms with Crippen LogP contribution in [0.15, 0.2) is 30.3 Å². The molecule has 1 aromatic carbocycles. The molecule has 0 N–H and O–H groups in total. The summed E-state index contributed by atoms with van der Waals surface area (Å²) in [5.74, 6) is 0. The predicted molar refractivity (Wildman–Crippen MR) is 90.3 cm³/mol. The van der Waals surface area contributed by atoms with Gasteiger partial charge in [0.15, 0.2) is 6.29 Å². The minimum absolute atomic E-state index is 0.0459. The quantitative estimate of drug-likeness (QED) is 0.612. The second kappa shape index (κ2) is 10.8. The molecule has 4 nitrogen and oxygen atoms in total. The van der Waals surface area contributed by atoms with Crippen molar-refractivity contribution in [3.63, 3.8) is 0 Å². The van der Waals surface area contributed by atoms with Crippen molar-refractivity contribution in [3.05, 3.63) is 35.9 Å². The Labute approximate surface area is 140 Å². The Morgan fingerprint density at radius 1 is 1.13 bits per heavy atom. The van der Waals surface area contributed by atoms with Gasteiger partial charge in [0.2, 0.25) is 0 Å². The molecule has 23 heavy (non-hydrogen) atoms. The van der Waals surface area contributed by atoms with E-state index in [4.69, 9.17) is 18.9 Å². The highest BCUT2D eigenvalue weighted by Gasteiger charge is 2.17. The van der Waals surface area contributed by atoms with Crippen LogP contribution in [0.5, 0.6) is 0 Å². The fourth-order valence-electron chi connectivity index (χ4n) is 2.51. The van der Waals surface area contributed by atoms with Crippen LogP contribution in [0.3, 0.4) is 0 Å². The van der Waals surface area contributed by atoms with E-state index in [9.17, 15) is 0 Å². The zero-order valence-corrected chi connectivity index (χ0v) is 14.4. The van der Waals surface area contributed by atoms with Gasteiger partial charge in [0.05, 0.1) is 25.4 Å². The lowest BCUT2D eigenvalue weighted by Gasteiger charge is -2.26. The fourth-order valence-corrected chi connectivity index (χ4v) is 2.51. The van der Waals surface area contributed by atoms with E-state index >= 15 is 0 Å². The van der Waals surface area contributed by atoms with Crippen molar-refractivity contribution in [1.82, 2.24) is 0 Å². The van der Waals surface area contributed by atoms with Crippen LogP contribution < -0.4 is 0 Å². The number of hydrogen-bond donors (Lipinski definition) is 0. The molecule has 1 aromatic rings. The van der Waals surface area contributed by atoms with Crippen molar-refractivity contribution in [3.8, 4) is 0 Å². The van der Waals surface area contributed by atoms with Crippen LogP contribution in [-0.4, -0.2) is 38.3 Å². The van der Waals surface area contributed by atoms with Gasteiger partial charge < -0.3 is 18.9 Å². The maximum Gasteiger partial charge on any atom is 0.158 e. The molecule has 0 aliphatic carbocycles. The van der Waals surface area contributed by atoms with Gasteiger partial charge in [-0.05, 0) is 45.1 Å². The molecule has 0 spiro atoms. The van der Waals surface area contributed by atoms with Gasteiger partial charge in [0.25, 0.3) is 0 Å². The molecule has 1 aliphatic rings. The van der Waals surface area contributed by atoms with Crippen molar-refractivity contribution >= 4 is 0 Å². The Hall–Kier alpha value is -0.940. The monoisotopic (exact) mass is 322 g/mol. The average Bonchev–Trinajstić information content (AvgIpc) is 2.59. The Bertz CT molecular complexity index is 403. The maximum absolute atomic E-state index is 5.83. The minimum atomic E-state index is -0.0459. The Morgan fingerprint density at radius 2 is 1.96 bits per heavy atom. The first-order valence-corrected chi connectivity index (χ1v) is 8.74. The summed E-state index contributed by atoms with van der Waals surface area (Å²) in [6.07, 6.45) is 4.43. The second-order valence-electron chi connectivity index (χ2n) is 6.21. The lowest BCUT2D eigenvalue weighted by atomic mass is 10.2. The molecule has 0 saturated carbocycles. The highest BCUT2D eigenvalue weighted by atomic mass is 16.7. The van der Waals surface area contributed by atoms with E-state index in [1.165, 1.54) is 12.0 Å². The summed E-state index contributed by atoms with van der Waals surface area (Å²) in [4.78, 5) is 0. The number of ether oxygens (including phenoxy) is 4. The second-order valence-corrected chi connectivity index (χ2v) is 6.21. The molecule has 4 heteroatoms. The molecule has 0 aromatic heterocycles. The molecule has 1 saturated heterocycles. The Kier molecular flexibility index (Phi) is 8.61. The topological polar surface area (TPSA) is 36.9 Å². The van der Waals surface area contributed by atoms with Crippen LogP contribution >= 0.6 is 0 Å². The Morgan fingerprint density at radius 3 is 2.70 bits per heavy atom. The lowest BCUT2D eigenvalue weighted by molar-refractivity contribution is -0.194. The van der Waals surface area contributed by atoms with Crippen LogP contribution in [0.2, 0.25) is 0 Å². The molecule has 3 unspecified atom stereocenters. The number of rotatable bonds is 10. The van der Waals surface area contributed by atoms with Crippen LogP contribution in [0.25, 0.3) is 0 Å². The summed E-state index contributed by atoms with van der Waals surface area (Å²) in [6.45, 7) is 6.88. The van der Waals surface area contributed by atoms with Crippen LogP contribution in [0.4, 0.5) is 0 Å². The van der Waals surface area contributed by atoms with E-state index in [0.717, 1.165) is 25.9 Å². The van der Waals surface area contributed by atoms with Gasteiger partial charge in [0, 0.05) is 13.2 Å². The molecule has 1 aliphatic heterocycles. The first kappa shape index (κ1) is 18.4. The number of benzene rings is 1. The predicted octanol–water partition coefficient (Wildman–Crippen LogP) is 3.93. The molecule has 2 rings (SSSR count). The molecule has 1 heterocycles. The van der Waals surface area contributed by atoms with Crippen molar-refractivity contribution in [2.24, 2.45) is 0 Å². The zero-order valence-electron chi connectivity index (χ0n) is 14.4. The van der Waals surface area contributed by atoms with Gasteiger partial charge in [-0.15, -0.1) is 0 Å². The van der Waals surface area contributed by atoms with Crippen molar-refractivity contribution in [2.45, 2.75) is 64.6 Å². The zero-order chi connectivity index (χ0) is 16.3. The summed E-state index contributed by atoms with van der Waals surface area (Å²) in [5, 5.41) is 0. The molecule has 130 valence electrons. The van der Waals surface area contributed by atoms with Crippen molar-refractivity contribution in [2.75, 3.05) is 19.8 Å². The van der Waals surface area contributed by atoms with E-state index in [1.54, 1.807) is 0 Å². The first-order chi connectivity index (χ1) is 11.2. The molecular weight excluding hydrogens is 292 g/mol. The SMILES string of the molecule is CC(CCOCC(C)OC1CCCCO1)OCc1ccccc1. The molecule has 0 amide bonds. The summed E-state index contributed by atoms with van der Waals surface area (Å²) < 4.78 is 22.9. The van der Waals surface area contributed by atoms with Gasteiger partial charge in [-0.1, -0.05) is 30.3 Å². The van der Waals surface area contributed by atoms with Crippen LogP contribution in [-0.2, 0) is 25.6 Å². The van der Waals surface area contributed by atoms with Gasteiger partial charge >= 0.3 is 0 Å². The van der Waals surface area contributed by atoms with E-state index in [-0.39, 0.29) is 18.5 Å². The third-order valence-corrected chi connectivity index (χ3v) is 3.92. The smallest absolute Gasteiger partial charge is 0.158 e. The van der Waals surface area contributed by atoms with E-state index in [0.29, 0.717) is 19.8 Å². The molecule has 0 bridgehead atoms. The lowest BCUT2D eigenvalue weighted by Crippen LogP contribution is -2.29. The highest BCUT2D eigenvalue weighted by molar-refractivity contribution is 5.13. The third kappa shape index (κ3) is 7.93. The van der Waals surface area contributed by atoms with Crippen LogP contribution in [0, 0.1) is 0 Å². The fraction of sp³-hybridized carbons (Fsp3) is 0.684. The summed E-state index contributed by atoms with van der Waals surface area (Å²) in [7, 11) is 0. The largest absolute Gasteiger partial charge is 0.379 e. The van der Waals surface area contributed by atoms with Gasteiger partial charge in [-0.25, -0.2) is 0 Å². The maximum atomic E-state index is 5.83.